The summed E-state index contributed by atoms with van der Waals surface area (Å²) in [5, 5.41) is 19.7. The van der Waals surface area contributed by atoms with Crippen LogP contribution < -0.4 is 0 Å². The highest BCUT2D eigenvalue weighted by Gasteiger charge is 2.21. The Morgan fingerprint density at radius 1 is 1.62 bits per heavy atom. The van der Waals surface area contributed by atoms with Gasteiger partial charge in [-0.2, -0.15) is 0 Å². The number of hydrogen-bond donors (Lipinski definition) is 1. The molecule has 0 spiro atoms. The number of nitro benzene ring substituents is 1. The van der Waals surface area contributed by atoms with Crippen molar-refractivity contribution >= 4 is 23.3 Å². The van der Waals surface area contributed by atoms with E-state index in [-0.39, 0.29) is 22.7 Å². The summed E-state index contributed by atoms with van der Waals surface area (Å²) in [6, 6.07) is 4.30. The maximum Gasteiger partial charge on any atom is 0.306 e. The predicted molar refractivity (Wildman–Crippen MR) is 58.6 cm³/mol. The number of rotatable bonds is 4. The number of carboxylic acids is 1. The lowest BCUT2D eigenvalue weighted by Gasteiger charge is -2.08. The molecule has 0 radical (unpaired) electrons. The second kappa shape index (κ2) is 4.94. The van der Waals surface area contributed by atoms with Crippen molar-refractivity contribution in [3.05, 3.63) is 38.9 Å². The molecule has 0 heterocycles. The van der Waals surface area contributed by atoms with E-state index in [1.165, 1.54) is 25.1 Å². The van der Waals surface area contributed by atoms with Gasteiger partial charge in [0.25, 0.3) is 5.69 Å². The van der Waals surface area contributed by atoms with E-state index in [1.807, 2.05) is 0 Å². The summed E-state index contributed by atoms with van der Waals surface area (Å²) in [5.74, 6) is -1.71. The first-order chi connectivity index (χ1) is 7.43. The van der Waals surface area contributed by atoms with Gasteiger partial charge in [-0.05, 0) is 12.5 Å². The fraction of sp³-hybridized carbons (Fsp3) is 0.300. The van der Waals surface area contributed by atoms with Crippen molar-refractivity contribution in [1.82, 2.24) is 0 Å². The van der Waals surface area contributed by atoms with Crippen molar-refractivity contribution in [3.63, 3.8) is 0 Å². The summed E-state index contributed by atoms with van der Waals surface area (Å²) in [6.07, 6.45) is 0.0469. The average molecular weight is 244 g/mol. The highest BCUT2D eigenvalue weighted by atomic mass is 35.5. The van der Waals surface area contributed by atoms with Gasteiger partial charge in [0.05, 0.1) is 15.9 Å². The Kier molecular flexibility index (Phi) is 3.84. The molecule has 16 heavy (non-hydrogen) atoms. The molecule has 5 nitrogen and oxygen atoms in total. The SMILES string of the molecule is CC(Cc1c(Cl)cccc1[N+](=O)[O-])C(=O)O. The van der Waals surface area contributed by atoms with Crippen LogP contribution >= 0.6 is 11.6 Å². The van der Waals surface area contributed by atoms with Crippen LogP contribution in [0.1, 0.15) is 12.5 Å². The number of nitro groups is 1. The van der Waals surface area contributed by atoms with E-state index in [1.54, 1.807) is 0 Å². The van der Waals surface area contributed by atoms with Gasteiger partial charge in [-0.1, -0.05) is 24.6 Å². The normalized spacial score (nSPS) is 12.1. The first-order valence-corrected chi connectivity index (χ1v) is 4.96. The van der Waals surface area contributed by atoms with Gasteiger partial charge in [-0.3, -0.25) is 14.9 Å². The topological polar surface area (TPSA) is 80.4 Å². The van der Waals surface area contributed by atoms with E-state index in [0.29, 0.717) is 0 Å². The van der Waals surface area contributed by atoms with Crippen LogP contribution in [0, 0.1) is 16.0 Å². The maximum absolute atomic E-state index is 10.7. The highest BCUT2D eigenvalue weighted by Crippen LogP contribution is 2.28. The average Bonchev–Trinajstić information content (AvgIpc) is 2.20. The van der Waals surface area contributed by atoms with E-state index < -0.39 is 16.8 Å². The minimum absolute atomic E-state index is 0.0469. The lowest BCUT2D eigenvalue weighted by molar-refractivity contribution is -0.385. The molecule has 1 N–H and O–H groups in total. The Bertz CT molecular complexity index is 433. The fourth-order valence-corrected chi connectivity index (χ4v) is 1.56. The Morgan fingerprint density at radius 2 is 2.25 bits per heavy atom. The molecule has 0 aromatic heterocycles. The van der Waals surface area contributed by atoms with Crippen LogP contribution in [0.5, 0.6) is 0 Å². The summed E-state index contributed by atoms with van der Waals surface area (Å²) >= 11 is 5.82. The monoisotopic (exact) mass is 243 g/mol. The van der Waals surface area contributed by atoms with E-state index in [2.05, 4.69) is 0 Å². The minimum Gasteiger partial charge on any atom is -0.481 e. The van der Waals surface area contributed by atoms with Gasteiger partial charge in [-0.25, -0.2) is 0 Å². The molecule has 0 saturated carbocycles. The van der Waals surface area contributed by atoms with Crippen LogP contribution in [-0.4, -0.2) is 16.0 Å². The minimum atomic E-state index is -1.01. The van der Waals surface area contributed by atoms with Gasteiger partial charge in [0.2, 0.25) is 0 Å². The van der Waals surface area contributed by atoms with Crippen molar-refractivity contribution in [2.24, 2.45) is 5.92 Å². The summed E-state index contributed by atoms with van der Waals surface area (Å²) in [4.78, 5) is 20.8. The Hall–Kier alpha value is -1.62. The highest BCUT2D eigenvalue weighted by molar-refractivity contribution is 6.31. The van der Waals surface area contributed by atoms with Crippen LogP contribution in [0.2, 0.25) is 5.02 Å². The summed E-state index contributed by atoms with van der Waals surface area (Å²) in [6.45, 7) is 1.48. The molecule has 0 aliphatic heterocycles. The van der Waals surface area contributed by atoms with Gasteiger partial charge in [0, 0.05) is 11.6 Å². The maximum atomic E-state index is 10.7. The first-order valence-electron chi connectivity index (χ1n) is 4.58. The number of carbonyl (C=O) groups is 1. The quantitative estimate of drug-likeness (QED) is 0.651. The van der Waals surface area contributed by atoms with Gasteiger partial charge in [0.15, 0.2) is 0 Å². The third-order valence-electron chi connectivity index (χ3n) is 2.22. The van der Waals surface area contributed by atoms with Crippen LogP contribution in [-0.2, 0) is 11.2 Å². The molecule has 6 heteroatoms. The second-order valence-corrected chi connectivity index (χ2v) is 3.85. The van der Waals surface area contributed by atoms with Gasteiger partial charge < -0.3 is 5.11 Å². The van der Waals surface area contributed by atoms with Gasteiger partial charge >= 0.3 is 5.97 Å². The second-order valence-electron chi connectivity index (χ2n) is 3.44. The van der Waals surface area contributed by atoms with Gasteiger partial charge in [0.1, 0.15) is 0 Å². The van der Waals surface area contributed by atoms with Crippen molar-refractivity contribution < 1.29 is 14.8 Å². The molecule has 1 atom stereocenters. The van der Waals surface area contributed by atoms with Crippen molar-refractivity contribution in [2.45, 2.75) is 13.3 Å². The van der Waals surface area contributed by atoms with E-state index >= 15 is 0 Å². The molecule has 0 aliphatic carbocycles. The van der Waals surface area contributed by atoms with Gasteiger partial charge in [-0.15, -0.1) is 0 Å². The Morgan fingerprint density at radius 3 is 2.75 bits per heavy atom. The molecule has 0 bridgehead atoms. The molecule has 1 aromatic carbocycles. The van der Waals surface area contributed by atoms with Crippen LogP contribution in [0.15, 0.2) is 18.2 Å². The molecule has 1 rings (SSSR count). The number of hydrogen-bond acceptors (Lipinski definition) is 3. The zero-order valence-corrected chi connectivity index (χ0v) is 9.27. The molecule has 0 aliphatic rings. The molecule has 0 amide bonds. The molecule has 86 valence electrons. The van der Waals surface area contributed by atoms with Crippen molar-refractivity contribution in [1.29, 1.82) is 0 Å². The van der Waals surface area contributed by atoms with E-state index in [9.17, 15) is 14.9 Å². The number of benzene rings is 1. The first kappa shape index (κ1) is 12.4. The fourth-order valence-electron chi connectivity index (χ4n) is 1.31. The van der Waals surface area contributed by atoms with Crippen molar-refractivity contribution in [2.75, 3.05) is 0 Å². The number of aliphatic carboxylic acids is 1. The standard InChI is InChI=1S/C10H10ClNO4/c1-6(10(13)14)5-7-8(11)3-2-4-9(7)12(15)16/h2-4,6H,5H2,1H3,(H,13,14). The summed E-state index contributed by atoms with van der Waals surface area (Å²) in [7, 11) is 0. The molecule has 0 saturated heterocycles. The molecular weight excluding hydrogens is 234 g/mol. The molecular formula is C10H10ClNO4. The van der Waals surface area contributed by atoms with E-state index in [0.717, 1.165) is 0 Å². The lowest BCUT2D eigenvalue weighted by Crippen LogP contribution is -2.13. The number of halogens is 1. The smallest absolute Gasteiger partial charge is 0.306 e. The number of carboxylic acid groups (broad SMARTS) is 1. The zero-order chi connectivity index (χ0) is 12.3. The largest absolute Gasteiger partial charge is 0.481 e. The third kappa shape index (κ3) is 2.70. The molecule has 1 aromatic rings. The summed E-state index contributed by atoms with van der Waals surface area (Å²) in [5.41, 5.74) is 0.129. The van der Waals surface area contributed by atoms with Crippen molar-refractivity contribution in [3.8, 4) is 0 Å². The van der Waals surface area contributed by atoms with Crippen LogP contribution in [0.25, 0.3) is 0 Å². The Balaban J connectivity index is 3.11. The molecule has 0 fully saturated rings. The predicted octanol–water partition coefficient (Wildman–Crippen LogP) is 2.51. The lowest BCUT2D eigenvalue weighted by atomic mass is 10.00. The number of nitrogens with zero attached hydrogens (tertiary/aromatic N) is 1. The Labute approximate surface area is 96.8 Å². The van der Waals surface area contributed by atoms with Crippen LogP contribution in [0.3, 0.4) is 0 Å². The zero-order valence-electron chi connectivity index (χ0n) is 8.51. The van der Waals surface area contributed by atoms with Crippen LogP contribution in [0.4, 0.5) is 5.69 Å². The molecule has 1 unspecified atom stereocenters. The third-order valence-corrected chi connectivity index (χ3v) is 2.58. The summed E-state index contributed by atoms with van der Waals surface area (Å²) < 4.78 is 0. The van der Waals surface area contributed by atoms with E-state index in [4.69, 9.17) is 16.7 Å².